The van der Waals surface area contributed by atoms with Gasteiger partial charge in [-0.05, 0) is 19.1 Å². The van der Waals surface area contributed by atoms with Gasteiger partial charge in [-0.3, -0.25) is 0 Å². The molecule has 0 unspecified atom stereocenters. The molecule has 0 radical (unpaired) electrons. The SMILES string of the molecule is CC(C(=O)O)=C(CCOC(=O)c1ccccc1)C(=O)O. The van der Waals surface area contributed by atoms with E-state index in [2.05, 4.69) is 0 Å². The van der Waals surface area contributed by atoms with Crippen LogP contribution in [0.15, 0.2) is 41.5 Å². The highest BCUT2D eigenvalue weighted by atomic mass is 16.5. The molecule has 0 atom stereocenters. The van der Waals surface area contributed by atoms with Crippen molar-refractivity contribution in [2.75, 3.05) is 6.61 Å². The Bertz CT molecular complexity index is 544. The minimum absolute atomic E-state index is 0.161. The van der Waals surface area contributed by atoms with Crippen molar-refractivity contribution in [3.8, 4) is 0 Å². The molecule has 0 saturated heterocycles. The molecule has 0 bridgehead atoms. The summed E-state index contributed by atoms with van der Waals surface area (Å²) in [7, 11) is 0. The summed E-state index contributed by atoms with van der Waals surface area (Å²) in [5.74, 6) is -3.22. The van der Waals surface area contributed by atoms with Crippen LogP contribution < -0.4 is 0 Å². The fourth-order valence-corrected chi connectivity index (χ4v) is 1.49. The highest BCUT2D eigenvalue weighted by Crippen LogP contribution is 2.11. The third-order valence-electron chi connectivity index (χ3n) is 2.63. The Hall–Kier alpha value is -2.63. The second-order valence-corrected chi connectivity index (χ2v) is 3.97. The zero-order valence-electron chi connectivity index (χ0n) is 10.8. The van der Waals surface area contributed by atoms with E-state index < -0.39 is 17.9 Å². The van der Waals surface area contributed by atoms with Crippen molar-refractivity contribution in [3.63, 3.8) is 0 Å². The van der Waals surface area contributed by atoms with Crippen LogP contribution in [0, 0.1) is 0 Å². The van der Waals surface area contributed by atoms with Crippen LogP contribution >= 0.6 is 0 Å². The van der Waals surface area contributed by atoms with Gasteiger partial charge in [0.2, 0.25) is 0 Å². The number of carbonyl (C=O) groups is 3. The summed E-state index contributed by atoms with van der Waals surface area (Å²) in [6.45, 7) is 1.00. The van der Waals surface area contributed by atoms with E-state index in [-0.39, 0.29) is 24.2 Å². The molecule has 0 heterocycles. The number of benzene rings is 1. The molecule has 0 aromatic heterocycles. The van der Waals surface area contributed by atoms with Gasteiger partial charge < -0.3 is 14.9 Å². The summed E-state index contributed by atoms with van der Waals surface area (Å²) in [6, 6.07) is 8.23. The summed E-state index contributed by atoms with van der Waals surface area (Å²) in [4.78, 5) is 33.3. The maximum absolute atomic E-state index is 11.6. The van der Waals surface area contributed by atoms with E-state index in [0.717, 1.165) is 0 Å². The number of esters is 1. The average Bonchev–Trinajstić information content (AvgIpc) is 2.43. The molecule has 6 nitrogen and oxygen atoms in total. The quantitative estimate of drug-likeness (QED) is 0.607. The number of carbonyl (C=O) groups excluding carboxylic acids is 1. The number of rotatable bonds is 6. The lowest BCUT2D eigenvalue weighted by Gasteiger charge is -2.07. The van der Waals surface area contributed by atoms with E-state index in [4.69, 9.17) is 14.9 Å². The van der Waals surface area contributed by atoms with Crippen molar-refractivity contribution in [1.82, 2.24) is 0 Å². The minimum Gasteiger partial charge on any atom is -0.478 e. The molecule has 1 aromatic carbocycles. The molecule has 0 spiro atoms. The van der Waals surface area contributed by atoms with Gasteiger partial charge in [-0.2, -0.15) is 0 Å². The van der Waals surface area contributed by atoms with Crippen LogP contribution in [0.2, 0.25) is 0 Å². The van der Waals surface area contributed by atoms with E-state index in [1.165, 1.54) is 6.92 Å². The average molecular weight is 278 g/mol. The predicted molar refractivity (Wildman–Crippen MR) is 69.3 cm³/mol. The van der Waals surface area contributed by atoms with Crippen molar-refractivity contribution >= 4 is 17.9 Å². The molecule has 1 aromatic rings. The maximum atomic E-state index is 11.6. The molecule has 0 saturated carbocycles. The van der Waals surface area contributed by atoms with Crippen LogP contribution in [0.25, 0.3) is 0 Å². The van der Waals surface area contributed by atoms with E-state index in [1.807, 2.05) is 0 Å². The molecule has 0 fully saturated rings. The number of carboxylic acids is 2. The number of hydrogen-bond donors (Lipinski definition) is 2. The Balaban J connectivity index is 2.63. The Morgan fingerprint density at radius 2 is 1.65 bits per heavy atom. The molecule has 0 amide bonds. The van der Waals surface area contributed by atoms with Gasteiger partial charge in [-0.15, -0.1) is 0 Å². The van der Waals surface area contributed by atoms with Crippen LogP contribution in [0.5, 0.6) is 0 Å². The number of carboxylic acid groups (broad SMARTS) is 2. The van der Waals surface area contributed by atoms with E-state index >= 15 is 0 Å². The molecule has 20 heavy (non-hydrogen) atoms. The highest BCUT2D eigenvalue weighted by molar-refractivity contribution is 5.98. The molecule has 6 heteroatoms. The van der Waals surface area contributed by atoms with Crippen molar-refractivity contribution in [3.05, 3.63) is 47.0 Å². The first kappa shape index (κ1) is 15.4. The van der Waals surface area contributed by atoms with Gasteiger partial charge in [0.1, 0.15) is 0 Å². The van der Waals surface area contributed by atoms with Crippen molar-refractivity contribution in [1.29, 1.82) is 0 Å². The lowest BCUT2D eigenvalue weighted by molar-refractivity contribution is -0.136. The van der Waals surface area contributed by atoms with Gasteiger partial charge in [0.25, 0.3) is 0 Å². The summed E-state index contributed by atoms with van der Waals surface area (Å²) in [5, 5.41) is 17.7. The van der Waals surface area contributed by atoms with Crippen LogP contribution in [0.1, 0.15) is 23.7 Å². The maximum Gasteiger partial charge on any atom is 0.338 e. The molecule has 1 rings (SSSR count). The first-order valence-corrected chi connectivity index (χ1v) is 5.82. The Morgan fingerprint density at radius 1 is 1.05 bits per heavy atom. The zero-order valence-corrected chi connectivity index (χ0v) is 10.8. The monoisotopic (exact) mass is 278 g/mol. The fraction of sp³-hybridized carbons (Fsp3) is 0.214. The lowest BCUT2D eigenvalue weighted by atomic mass is 10.1. The summed E-state index contributed by atoms with van der Waals surface area (Å²) in [6.07, 6.45) is -0.161. The first-order valence-electron chi connectivity index (χ1n) is 5.82. The third kappa shape index (κ3) is 4.24. The second kappa shape index (κ2) is 7.08. The van der Waals surface area contributed by atoms with Crippen LogP contribution in [0.3, 0.4) is 0 Å². The summed E-state index contributed by atoms with van der Waals surface area (Å²) in [5.41, 5.74) is -0.199. The minimum atomic E-state index is -1.33. The first-order chi connectivity index (χ1) is 9.43. The molecule has 0 aliphatic heterocycles. The van der Waals surface area contributed by atoms with Crippen LogP contribution in [-0.4, -0.2) is 34.7 Å². The topological polar surface area (TPSA) is 101 Å². The number of hydrogen-bond acceptors (Lipinski definition) is 4. The van der Waals surface area contributed by atoms with Gasteiger partial charge >= 0.3 is 17.9 Å². The number of ether oxygens (including phenoxy) is 1. The van der Waals surface area contributed by atoms with E-state index in [9.17, 15) is 14.4 Å². The molecule has 0 aliphatic carbocycles. The second-order valence-electron chi connectivity index (χ2n) is 3.97. The van der Waals surface area contributed by atoms with Gasteiger partial charge in [-0.25, -0.2) is 14.4 Å². The number of aliphatic carboxylic acids is 2. The van der Waals surface area contributed by atoms with Crippen LogP contribution in [0.4, 0.5) is 0 Å². The fourth-order valence-electron chi connectivity index (χ4n) is 1.49. The van der Waals surface area contributed by atoms with Gasteiger partial charge in [0.15, 0.2) is 0 Å². The zero-order chi connectivity index (χ0) is 15.1. The summed E-state index contributed by atoms with van der Waals surface area (Å²) < 4.78 is 4.91. The van der Waals surface area contributed by atoms with E-state index in [0.29, 0.717) is 5.56 Å². The molecule has 0 aliphatic rings. The molecular weight excluding hydrogens is 264 g/mol. The molecule has 2 N–H and O–H groups in total. The third-order valence-corrected chi connectivity index (χ3v) is 2.63. The van der Waals surface area contributed by atoms with Crippen molar-refractivity contribution in [2.24, 2.45) is 0 Å². The predicted octanol–water partition coefficient (Wildman–Crippen LogP) is 1.72. The Kier molecular flexibility index (Phi) is 5.46. The Morgan fingerprint density at radius 3 is 2.15 bits per heavy atom. The largest absolute Gasteiger partial charge is 0.478 e. The Labute approximate surface area is 115 Å². The smallest absolute Gasteiger partial charge is 0.338 e. The highest BCUT2D eigenvalue weighted by Gasteiger charge is 2.17. The lowest BCUT2D eigenvalue weighted by Crippen LogP contribution is -2.13. The van der Waals surface area contributed by atoms with Crippen molar-refractivity contribution in [2.45, 2.75) is 13.3 Å². The molecule has 106 valence electrons. The van der Waals surface area contributed by atoms with Crippen molar-refractivity contribution < 1.29 is 29.3 Å². The van der Waals surface area contributed by atoms with E-state index in [1.54, 1.807) is 30.3 Å². The summed E-state index contributed by atoms with van der Waals surface area (Å²) >= 11 is 0. The van der Waals surface area contributed by atoms with Gasteiger partial charge in [-0.1, -0.05) is 18.2 Å². The van der Waals surface area contributed by atoms with Crippen LogP contribution in [-0.2, 0) is 14.3 Å². The normalized spacial score (nSPS) is 11.4. The van der Waals surface area contributed by atoms with Gasteiger partial charge in [0, 0.05) is 12.0 Å². The van der Waals surface area contributed by atoms with Gasteiger partial charge in [0.05, 0.1) is 17.7 Å². The molecular formula is C14H14O6. The standard InChI is InChI=1S/C14H14O6/c1-9(12(15)16)11(13(17)18)7-8-20-14(19)10-5-3-2-4-6-10/h2-6H,7-8H2,1H3,(H,15,16)(H,17,18).